The summed E-state index contributed by atoms with van der Waals surface area (Å²) in [4.78, 5) is 38.6. The van der Waals surface area contributed by atoms with E-state index in [0.29, 0.717) is 5.39 Å². The molecular formula is C21H14F6N4O5S. The van der Waals surface area contributed by atoms with Crippen LogP contribution in [0.5, 0.6) is 0 Å². The Morgan fingerprint density at radius 1 is 0.892 bits per heavy atom. The lowest BCUT2D eigenvalue weighted by molar-refractivity contribution is -0.193. The van der Waals surface area contributed by atoms with Crippen molar-refractivity contribution in [3.8, 4) is 22.4 Å². The maximum absolute atomic E-state index is 12.6. The number of fused-ring (bicyclic) bond motifs is 1. The Bertz CT molecular complexity index is 1410. The maximum Gasteiger partial charge on any atom is 0.490 e. The molecule has 0 aliphatic heterocycles. The van der Waals surface area contributed by atoms with Crippen molar-refractivity contribution in [2.75, 3.05) is 0 Å². The third kappa shape index (κ3) is 7.57. The molecule has 0 fully saturated rings. The number of aromatic nitrogens is 4. The van der Waals surface area contributed by atoms with Crippen LogP contribution >= 0.6 is 11.3 Å². The Kier molecular flexibility index (Phi) is 9.06. The number of carboxylic acid groups (broad SMARTS) is 2. The van der Waals surface area contributed by atoms with E-state index < -0.39 is 24.3 Å². The van der Waals surface area contributed by atoms with Gasteiger partial charge in [-0.15, -0.1) is 11.3 Å². The van der Waals surface area contributed by atoms with E-state index in [0.717, 1.165) is 27.1 Å². The predicted molar refractivity (Wildman–Crippen MR) is 119 cm³/mol. The fraction of sp³-hybridized carbons (Fsp3) is 0.143. The number of thiophene rings is 1. The molecule has 4 heterocycles. The maximum atomic E-state index is 12.6. The largest absolute Gasteiger partial charge is 0.490 e. The summed E-state index contributed by atoms with van der Waals surface area (Å²) in [6, 6.07) is 7.63. The second kappa shape index (κ2) is 11.6. The average Bonchev–Trinajstić information content (AvgIpc) is 3.27. The highest BCUT2D eigenvalue weighted by Gasteiger charge is 2.38. The van der Waals surface area contributed by atoms with Crippen molar-refractivity contribution >= 4 is 33.4 Å². The summed E-state index contributed by atoms with van der Waals surface area (Å²) < 4.78 is 65.8. The Hall–Kier alpha value is -4.34. The number of aliphatic carboxylic acids is 2. The lowest BCUT2D eigenvalue weighted by Crippen LogP contribution is -2.21. The number of hydrogen-bond donors (Lipinski definition) is 2. The van der Waals surface area contributed by atoms with Crippen molar-refractivity contribution in [1.29, 1.82) is 0 Å². The van der Waals surface area contributed by atoms with Gasteiger partial charge in [-0.3, -0.25) is 14.8 Å². The summed E-state index contributed by atoms with van der Waals surface area (Å²) in [6.07, 6.45) is -3.22. The van der Waals surface area contributed by atoms with Crippen LogP contribution in [0.3, 0.4) is 0 Å². The lowest BCUT2D eigenvalue weighted by atomic mass is 10.1. The molecule has 0 unspecified atom stereocenters. The van der Waals surface area contributed by atoms with Gasteiger partial charge in [0.1, 0.15) is 5.69 Å². The van der Waals surface area contributed by atoms with Crippen molar-refractivity contribution < 1.29 is 46.1 Å². The van der Waals surface area contributed by atoms with E-state index in [1.54, 1.807) is 31.8 Å². The Balaban J connectivity index is 0.000000286. The molecule has 0 atom stereocenters. The molecule has 196 valence electrons. The second-order valence-corrected chi connectivity index (χ2v) is 7.59. The van der Waals surface area contributed by atoms with Crippen molar-refractivity contribution in [1.82, 2.24) is 19.7 Å². The number of carbonyl (C=O) groups is 2. The first kappa shape index (κ1) is 28.9. The molecule has 4 aromatic rings. The lowest BCUT2D eigenvalue weighted by Gasteiger charge is -2.06. The van der Waals surface area contributed by atoms with Crippen LogP contribution < -0.4 is 5.56 Å². The molecule has 0 saturated heterocycles. The van der Waals surface area contributed by atoms with Gasteiger partial charge >= 0.3 is 24.3 Å². The van der Waals surface area contributed by atoms with E-state index in [1.165, 1.54) is 16.0 Å². The summed E-state index contributed by atoms with van der Waals surface area (Å²) >= 11 is 1.53. The molecule has 9 nitrogen and oxygen atoms in total. The molecule has 0 aliphatic rings. The minimum atomic E-state index is -5.08. The van der Waals surface area contributed by atoms with Crippen molar-refractivity contribution in [2.45, 2.75) is 12.4 Å². The Morgan fingerprint density at radius 2 is 1.43 bits per heavy atom. The fourth-order valence-electron chi connectivity index (χ4n) is 2.58. The molecule has 2 N–H and O–H groups in total. The van der Waals surface area contributed by atoms with Gasteiger partial charge in [0.25, 0.3) is 5.56 Å². The zero-order chi connectivity index (χ0) is 28.0. The monoisotopic (exact) mass is 548 g/mol. The minimum Gasteiger partial charge on any atom is -0.475 e. The molecular weight excluding hydrogens is 534 g/mol. The van der Waals surface area contributed by atoms with Gasteiger partial charge in [-0.2, -0.15) is 31.4 Å². The molecule has 0 bridgehead atoms. The number of hydrogen-bond acceptors (Lipinski definition) is 7. The van der Waals surface area contributed by atoms with E-state index in [4.69, 9.17) is 19.8 Å². The van der Waals surface area contributed by atoms with Gasteiger partial charge < -0.3 is 10.2 Å². The first-order valence-corrected chi connectivity index (χ1v) is 10.4. The molecule has 0 amide bonds. The summed E-state index contributed by atoms with van der Waals surface area (Å²) in [5.74, 6) is -5.51. The Morgan fingerprint density at radius 3 is 1.89 bits per heavy atom. The summed E-state index contributed by atoms with van der Waals surface area (Å²) in [5, 5.41) is 21.4. The summed E-state index contributed by atoms with van der Waals surface area (Å²) in [7, 11) is 1.68. The highest BCUT2D eigenvalue weighted by Crippen LogP contribution is 2.36. The van der Waals surface area contributed by atoms with Crippen LogP contribution in [0.15, 0.2) is 59.2 Å². The topological polar surface area (TPSA) is 135 Å². The molecule has 16 heteroatoms. The predicted octanol–water partition coefficient (Wildman–Crippen LogP) is 4.39. The molecule has 0 saturated carbocycles. The number of alkyl halides is 6. The van der Waals surface area contributed by atoms with Gasteiger partial charge in [0.2, 0.25) is 0 Å². The van der Waals surface area contributed by atoms with Crippen LogP contribution in [0.1, 0.15) is 0 Å². The fourth-order valence-corrected chi connectivity index (χ4v) is 3.66. The zero-order valence-corrected chi connectivity index (χ0v) is 19.1. The molecule has 0 spiro atoms. The highest BCUT2D eigenvalue weighted by atomic mass is 32.1. The van der Waals surface area contributed by atoms with Crippen LogP contribution in [0.4, 0.5) is 26.3 Å². The van der Waals surface area contributed by atoms with Crippen LogP contribution in [-0.2, 0) is 16.6 Å². The van der Waals surface area contributed by atoms with Crippen LogP contribution in [0, 0.1) is 0 Å². The van der Waals surface area contributed by atoms with Crippen LogP contribution in [0.2, 0.25) is 0 Å². The van der Waals surface area contributed by atoms with Crippen molar-refractivity contribution in [3.05, 3.63) is 64.8 Å². The van der Waals surface area contributed by atoms with Crippen LogP contribution in [-0.4, -0.2) is 54.3 Å². The molecule has 37 heavy (non-hydrogen) atoms. The number of nitrogens with zero attached hydrogens (tertiary/aromatic N) is 4. The van der Waals surface area contributed by atoms with Gasteiger partial charge in [0.15, 0.2) is 0 Å². The van der Waals surface area contributed by atoms with E-state index in [2.05, 4.69) is 15.1 Å². The quantitative estimate of drug-likeness (QED) is 0.353. The second-order valence-electron chi connectivity index (χ2n) is 6.71. The molecule has 0 aromatic carbocycles. The number of halogens is 6. The van der Waals surface area contributed by atoms with Gasteiger partial charge in [-0.05, 0) is 18.2 Å². The van der Waals surface area contributed by atoms with Gasteiger partial charge in [0, 0.05) is 53.9 Å². The average molecular weight is 548 g/mol. The Labute approximate surface area is 206 Å². The van der Waals surface area contributed by atoms with E-state index in [-0.39, 0.29) is 5.56 Å². The van der Waals surface area contributed by atoms with E-state index >= 15 is 0 Å². The summed E-state index contributed by atoms with van der Waals surface area (Å²) in [5.41, 5.74) is 3.47. The van der Waals surface area contributed by atoms with E-state index in [9.17, 15) is 31.1 Å². The molecule has 0 aliphatic carbocycles. The smallest absolute Gasteiger partial charge is 0.475 e. The molecule has 4 rings (SSSR count). The van der Waals surface area contributed by atoms with Crippen molar-refractivity contribution in [3.63, 3.8) is 0 Å². The van der Waals surface area contributed by atoms with E-state index in [1.807, 2.05) is 29.6 Å². The van der Waals surface area contributed by atoms with Gasteiger partial charge in [-0.1, -0.05) is 6.07 Å². The van der Waals surface area contributed by atoms with Crippen molar-refractivity contribution in [2.24, 2.45) is 7.05 Å². The van der Waals surface area contributed by atoms with Crippen LogP contribution in [0.25, 0.3) is 32.5 Å². The number of carboxylic acids is 2. The van der Waals surface area contributed by atoms with Gasteiger partial charge in [-0.25, -0.2) is 14.3 Å². The third-order valence-corrected chi connectivity index (χ3v) is 5.16. The number of pyridine rings is 2. The first-order chi connectivity index (χ1) is 17.1. The normalized spacial score (nSPS) is 11.1. The molecule has 0 radical (unpaired) electrons. The first-order valence-electron chi connectivity index (χ1n) is 9.54. The minimum absolute atomic E-state index is 0.0992. The number of rotatable bonds is 2. The summed E-state index contributed by atoms with van der Waals surface area (Å²) in [6.45, 7) is 0. The number of aryl methyl sites for hydroxylation is 1. The standard InChI is InChI=1S/C17H12N4OS.2C2HF3O2/c1-21-17(22)14-13(12-3-2-6-19-9-12)10-23-16(14)15(20-21)11-4-7-18-8-5-11;2*3-2(4,5)1(6)7/h2-10H,1H3;2*(H,6,7). The zero-order valence-electron chi connectivity index (χ0n) is 18.3. The SMILES string of the molecule is Cn1nc(-c2ccncc2)c2scc(-c3cccnc3)c2c1=O.O=C(O)C(F)(F)F.O=C(O)C(F)(F)F. The highest BCUT2D eigenvalue weighted by molar-refractivity contribution is 7.18. The molecule has 4 aromatic heterocycles. The third-order valence-electron chi connectivity index (χ3n) is 4.18. The van der Waals surface area contributed by atoms with Gasteiger partial charge in [0.05, 0.1) is 10.1 Å².